The van der Waals surface area contributed by atoms with Crippen LogP contribution in [0.5, 0.6) is 0 Å². The molecule has 1 unspecified atom stereocenters. The zero-order valence-electron chi connectivity index (χ0n) is 11.1. The largest absolute Gasteiger partial charge is 0.311 e. The molecule has 0 saturated carbocycles. The van der Waals surface area contributed by atoms with Crippen LogP contribution in [0.25, 0.3) is 0 Å². The molecular formula is C14H20ClFN2. The van der Waals surface area contributed by atoms with Crippen molar-refractivity contribution in [2.75, 3.05) is 13.1 Å². The number of piperazine rings is 1. The molecule has 1 heterocycles. The first kappa shape index (κ1) is 13.8. The number of nitrogens with zero attached hydrogens (tertiary/aromatic N) is 1. The van der Waals surface area contributed by atoms with E-state index in [1.165, 1.54) is 12.1 Å². The maximum atomic E-state index is 13.3. The van der Waals surface area contributed by atoms with E-state index in [-0.39, 0.29) is 11.4 Å². The molecule has 0 aliphatic carbocycles. The van der Waals surface area contributed by atoms with Gasteiger partial charge in [0.1, 0.15) is 5.82 Å². The van der Waals surface area contributed by atoms with Gasteiger partial charge in [-0.05, 0) is 44.5 Å². The fourth-order valence-electron chi connectivity index (χ4n) is 2.33. The van der Waals surface area contributed by atoms with Gasteiger partial charge in [0.25, 0.3) is 0 Å². The van der Waals surface area contributed by atoms with Gasteiger partial charge in [0.05, 0.1) is 0 Å². The molecule has 18 heavy (non-hydrogen) atoms. The number of halogens is 2. The van der Waals surface area contributed by atoms with Crippen molar-refractivity contribution < 1.29 is 4.39 Å². The summed E-state index contributed by atoms with van der Waals surface area (Å²) >= 11 is 6.14. The van der Waals surface area contributed by atoms with E-state index >= 15 is 0 Å². The molecule has 0 aromatic heterocycles. The van der Waals surface area contributed by atoms with Crippen molar-refractivity contribution in [2.24, 2.45) is 0 Å². The van der Waals surface area contributed by atoms with E-state index in [1.807, 2.05) is 0 Å². The third-order valence-electron chi connectivity index (χ3n) is 3.60. The van der Waals surface area contributed by atoms with E-state index in [2.05, 4.69) is 31.0 Å². The molecule has 1 aliphatic rings. The van der Waals surface area contributed by atoms with Crippen LogP contribution in [-0.4, -0.2) is 29.6 Å². The summed E-state index contributed by atoms with van der Waals surface area (Å²) in [5, 5.41) is 4.10. The quantitative estimate of drug-likeness (QED) is 0.889. The predicted molar refractivity (Wildman–Crippen MR) is 73.4 cm³/mol. The Balaban J connectivity index is 2.18. The third-order valence-corrected chi connectivity index (χ3v) is 3.97. The number of nitrogens with one attached hydrogen (secondary N) is 1. The molecule has 1 atom stereocenters. The van der Waals surface area contributed by atoms with Crippen LogP contribution in [0.15, 0.2) is 18.2 Å². The number of hydrogen-bond donors (Lipinski definition) is 1. The Labute approximate surface area is 113 Å². The summed E-state index contributed by atoms with van der Waals surface area (Å²) in [5.74, 6) is -0.226. The first-order chi connectivity index (χ1) is 8.38. The lowest BCUT2D eigenvalue weighted by molar-refractivity contribution is 0.0626. The van der Waals surface area contributed by atoms with E-state index in [4.69, 9.17) is 11.6 Å². The molecule has 1 aliphatic heterocycles. The van der Waals surface area contributed by atoms with Crippen LogP contribution in [-0.2, 0) is 6.54 Å². The van der Waals surface area contributed by atoms with Crippen LogP contribution >= 0.6 is 11.6 Å². The van der Waals surface area contributed by atoms with Gasteiger partial charge >= 0.3 is 0 Å². The minimum absolute atomic E-state index is 0.0577. The normalized spacial score (nSPS) is 24.2. The van der Waals surface area contributed by atoms with Crippen molar-refractivity contribution >= 4 is 11.6 Å². The topological polar surface area (TPSA) is 15.3 Å². The molecule has 0 spiro atoms. The monoisotopic (exact) mass is 270 g/mol. The van der Waals surface area contributed by atoms with E-state index in [0.717, 1.165) is 18.7 Å². The average molecular weight is 271 g/mol. The van der Waals surface area contributed by atoms with Gasteiger partial charge in [-0.3, -0.25) is 4.90 Å². The van der Waals surface area contributed by atoms with Crippen molar-refractivity contribution in [1.82, 2.24) is 10.2 Å². The Morgan fingerprint density at radius 3 is 2.94 bits per heavy atom. The van der Waals surface area contributed by atoms with Crippen LogP contribution in [0, 0.1) is 5.82 Å². The summed E-state index contributed by atoms with van der Waals surface area (Å²) in [6, 6.07) is 5.01. The molecule has 2 nitrogen and oxygen atoms in total. The van der Waals surface area contributed by atoms with Gasteiger partial charge in [0, 0.05) is 36.2 Å². The molecule has 0 amide bonds. The van der Waals surface area contributed by atoms with E-state index < -0.39 is 0 Å². The van der Waals surface area contributed by atoms with E-state index in [1.54, 1.807) is 6.07 Å². The van der Waals surface area contributed by atoms with Crippen LogP contribution < -0.4 is 5.32 Å². The lowest BCUT2D eigenvalue weighted by atomic mass is 9.97. The molecule has 1 N–H and O–H groups in total. The highest BCUT2D eigenvalue weighted by molar-refractivity contribution is 6.31. The number of benzene rings is 1. The molecular weight excluding hydrogens is 251 g/mol. The lowest BCUT2D eigenvalue weighted by Crippen LogP contribution is -2.60. The second-order valence-electron chi connectivity index (χ2n) is 5.71. The van der Waals surface area contributed by atoms with Crippen LogP contribution in [0.1, 0.15) is 26.3 Å². The minimum Gasteiger partial charge on any atom is -0.311 e. The third kappa shape index (κ3) is 3.02. The van der Waals surface area contributed by atoms with Gasteiger partial charge < -0.3 is 5.32 Å². The van der Waals surface area contributed by atoms with Gasteiger partial charge in [-0.15, -0.1) is 0 Å². The molecule has 4 heteroatoms. The first-order valence-electron chi connectivity index (χ1n) is 6.31. The maximum absolute atomic E-state index is 13.3. The molecule has 100 valence electrons. The van der Waals surface area contributed by atoms with Crippen molar-refractivity contribution in [3.8, 4) is 0 Å². The van der Waals surface area contributed by atoms with Gasteiger partial charge in [0.2, 0.25) is 0 Å². The fraction of sp³-hybridized carbons (Fsp3) is 0.571. The predicted octanol–water partition coefficient (Wildman–Crippen LogP) is 3.05. The van der Waals surface area contributed by atoms with Crippen LogP contribution in [0.2, 0.25) is 5.02 Å². The van der Waals surface area contributed by atoms with Crippen molar-refractivity contribution in [3.05, 3.63) is 34.6 Å². The van der Waals surface area contributed by atoms with Gasteiger partial charge in [-0.2, -0.15) is 0 Å². The van der Waals surface area contributed by atoms with Crippen molar-refractivity contribution in [3.63, 3.8) is 0 Å². The number of hydrogen-bond acceptors (Lipinski definition) is 2. The van der Waals surface area contributed by atoms with Crippen LogP contribution in [0.4, 0.5) is 4.39 Å². The lowest BCUT2D eigenvalue weighted by Gasteiger charge is -2.45. The molecule has 0 radical (unpaired) electrons. The molecule has 1 aromatic carbocycles. The molecule has 0 bridgehead atoms. The standard InChI is InChI=1S/C14H20ClFN2/c1-10-7-18(14(2,3)9-17-10)8-11-6-12(16)4-5-13(11)15/h4-6,10,17H,7-9H2,1-3H3. The second kappa shape index (κ2) is 5.16. The Kier molecular flexibility index (Phi) is 3.95. The Hall–Kier alpha value is -0.640. The minimum atomic E-state index is -0.226. The Bertz CT molecular complexity index is 434. The Morgan fingerprint density at radius 2 is 2.22 bits per heavy atom. The zero-order valence-corrected chi connectivity index (χ0v) is 11.9. The summed E-state index contributed by atoms with van der Waals surface area (Å²) in [6.07, 6.45) is 0. The van der Waals surface area contributed by atoms with E-state index in [0.29, 0.717) is 17.6 Å². The highest BCUT2D eigenvalue weighted by atomic mass is 35.5. The SMILES string of the molecule is CC1CN(Cc2cc(F)ccc2Cl)C(C)(C)CN1. The fourth-order valence-corrected chi connectivity index (χ4v) is 2.50. The van der Waals surface area contributed by atoms with Gasteiger partial charge in [0.15, 0.2) is 0 Å². The second-order valence-corrected chi connectivity index (χ2v) is 6.12. The number of rotatable bonds is 2. The zero-order chi connectivity index (χ0) is 13.3. The molecule has 1 aromatic rings. The highest BCUT2D eigenvalue weighted by Gasteiger charge is 2.32. The Morgan fingerprint density at radius 1 is 1.50 bits per heavy atom. The highest BCUT2D eigenvalue weighted by Crippen LogP contribution is 2.25. The summed E-state index contributed by atoms with van der Waals surface area (Å²) in [7, 11) is 0. The molecule has 1 fully saturated rings. The van der Waals surface area contributed by atoms with Crippen LogP contribution in [0.3, 0.4) is 0 Å². The summed E-state index contributed by atoms with van der Waals surface area (Å²) in [4.78, 5) is 2.36. The smallest absolute Gasteiger partial charge is 0.123 e. The average Bonchev–Trinajstić information content (AvgIpc) is 2.29. The van der Waals surface area contributed by atoms with Crippen molar-refractivity contribution in [2.45, 2.75) is 38.9 Å². The van der Waals surface area contributed by atoms with E-state index in [9.17, 15) is 4.39 Å². The summed E-state index contributed by atoms with van der Waals surface area (Å²) < 4.78 is 13.3. The first-order valence-corrected chi connectivity index (χ1v) is 6.68. The maximum Gasteiger partial charge on any atom is 0.123 e. The van der Waals surface area contributed by atoms with Gasteiger partial charge in [-0.25, -0.2) is 4.39 Å². The summed E-state index contributed by atoms with van der Waals surface area (Å²) in [6.45, 7) is 9.12. The molecule has 1 saturated heterocycles. The summed E-state index contributed by atoms with van der Waals surface area (Å²) in [5.41, 5.74) is 0.918. The van der Waals surface area contributed by atoms with Gasteiger partial charge in [-0.1, -0.05) is 11.6 Å². The van der Waals surface area contributed by atoms with Crippen molar-refractivity contribution in [1.29, 1.82) is 0 Å². The molecule has 2 rings (SSSR count).